The molecule has 0 saturated heterocycles. The summed E-state index contributed by atoms with van der Waals surface area (Å²) in [4.78, 5) is 23.1. The van der Waals surface area contributed by atoms with Gasteiger partial charge in [-0.25, -0.2) is 18.3 Å². The fraction of sp³-hybridized carbons (Fsp3) is 0.222. The molecule has 0 aliphatic carbocycles. The van der Waals surface area contributed by atoms with Gasteiger partial charge in [-0.1, -0.05) is 12.1 Å². The Balaban J connectivity index is 1.95. The van der Waals surface area contributed by atoms with Gasteiger partial charge in [-0.2, -0.15) is 4.21 Å². The Bertz CT molecular complexity index is 908. The number of carbonyl (C=O) groups is 2. The van der Waals surface area contributed by atoms with Crippen molar-refractivity contribution in [2.45, 2.75) is 13.3 Å². The van der Waals surface area contributed by atoms with Crippen molar-refractivity contribution in [3.8, 4) is 5.75 Å². The molecule has 2 aromatic rings. The minimum absolute atomic E-state index is 0.164. The number of nitrogens with one attached hydrogen (secondary N) is 3. The van der Waals surface area contributed by atoms with E-state index >= 15 is 0 Å². The highest BCUT2D eigenvalue weighted by Crippen LogP contribution is 2.20. The predicted octanol–water partition coefficient (Wildman–Crippen LogP) is 2.13. The SMILES string of the molecule is CNC(=O)NS(=O)Oc1cc(CCNC(=O)c2cc(F)ccc2F)ccc1C. The van der Waals surface area contributed by atoms with Crippen molar-refractivity contribution in [2.24, 2.45) is 0 Å². The second kappa shape index (κ2) is 9.79. The van der Waals surface area contributed by atoms with Crippen molar-refractivity contribution in [1.82, 2.24) is 15.4 Å². The van der Waals surface area contributed by atoms with E-state index in [1.54, 1.807) is 25.1 Å². The van der Waals surface area contributed by atoms with E-state index in [0.29, 0.717) is 17.7 Å². The van der Waals surface area contributed by atoms with Crippen LogP contribution in [0.5, 0.6) is 5.75 Å². The maximum atomic E-state index is 13.6. The highest BCUT2D eigenvalue weighted by Gasteiger charge is 2.13. The molecule has 0 aliphatic rings. The molecule has 0 heterocycles. The van der Waals surface area contributed by atoms with Crippen LogP contribution in [-0.4, -0.2) is 29.7 Å². The van der Waals surface area contributed by atoms with Crippen LogP contribution in [0, 0.1) is 18.6 Å². The van der Waals surface area contributed by atoms with Crippen LogP contribution in [0.3, 0.4) is 0 Å². The van der Waals surface area contributed by atoms with E-state index in [0.717, 1.165) is 23.8 Å². The first-order valence-electron chi connectivity index (χ1n) is 8.21. The van der Waals surface area contributed by atoms with Gasteiger partial charge in [0.1, 0.15) is 17.4 Å². The van der Waals surface area contributed by atoms with Gasteiger partial charge in [0.05, 0.1) is 5.56 Å². The summed E-state index contributed by atoms with van der Waals surface area (Å²) in [6.45, 7) is 1.90. The first kappa shape index (κ1) is 21.3. The van der Waals surface area contributed by atoms with Gasteiger partial charge in [-0.3, -0.25) is 4.79 Å². The minimum atomic E-state index is -2.07. The zero-order chi connectivity index (χ0) is 20.7. The number of hydrogen-bond donors (Lipinski definition) is 3. The summed E-state index contributed by atoms with van der Waals surface area (Å²) >= 11 is -2.07. The van der Waals surface area contributed by atoms with Crippen LogP contribution in [0.1, 0.15) is 21.5 Å². The molecule has 0 spiro atoms. The normalized spacial score (nSPS) is 11.4. The van der Waals surface area contributed by atoms with Gasteiger partial charge in [-0.05, 0) is 48.7 Å². The summed E-state index contributed by atoms with van der Waals surface area (Å²) in [5, 5.41) is 4.77. The van der Waals surface area contributed by atoms with Crippen LogP contribution in [-0.2, 0) is 17.7 Å². The van der Waals surface area contributed by atoms with Crippen molar-refractivity contribution in [2.75, 3.05) is 13.6 Å². The Hall–Kier alpha value is -3.01. The summed E-state index contributed by atoms with van der Waals surface area (Å²) in [5.74, 6) is -1.94. The van der Waals surface area contributed by atoms with Gasteiger partial charge in [0, 0.05) is 13.6 Å². The Morgan fingerprint density at radius 1 is 1.14 bits per heavy atom. The van der Waals surface area contributed by atoms with Crippen LogP contribution in [0.15, 0.2) is 36.4 Å². The molecular weight excluding hydrogens is 392 g/mol. The lowest BCUT2D eigenvalue weighted by molar-refractivity contribution is 0.0949. The van der Waals surface area contributed by atoms with Gasteiger partial charge < -0.3 is 14.8 Å². The maximum Gasteiger partial charge on any atom is 0.328 e. The van der Waals surface area contributed by atoms with Gasteiger partial charge in [0.15, 0.2) is 0 Å². The third-order valence-corrected chi connectivity index (χ3v) is 4.38. The molecule has 0 aromatic heterocycles. The zero-order valence-corrected chi connectivity index (χ0v) is 16.0. The minimum Gasteiger partial charge on any atom is -0.385 e. The lowest BCUT2D eigenvalue weighted by Gasteiger charge is -2.11. The molecule has 0 aliphatic heterocycles. The topological polar surface area (TPSA) is 96.5 Å². The lowest BCUT2D eigenvalue weighted by atomic mass is 10.1. The second-order valence-electron chi connectivity index (χ2n) is 5.73. The van der Waals surface area contributed by atoms with E-state index < -0.39 is 34.8 Å². The fourth-order valence-electron chi connectivity index (χ4n) is 2.21. The second-order valence-corrected chi connectivity index (χ2v) is 6.57. The van der Waals surface area contributed by atoms with Crippen molar-refractivity contribution < 1.29 is 26.8 Å². The Labute approximate surface area is 163 Å². The number of carbonyl (C=O) groups excluding carboxylic acids is 2. The van der Waals surface area contributed by atoms with Gasteiger partial charge in [0.25, 0.3) is 5.91 Å². The molecule has 7 nitrogen and oxygen atoms in total. The molecule has 0 radical (unpaired) electrons. The molecule has 0 fully saturated rings. The standard InChI is InChI=1S/C18H19F2N3O4S/c1-11-3-4-12(9-16(11)27-28(26)23-18(25)21-2)7-8-22-17(24)14-10-13(19)5-6-15(14)20/h3-6,9-10H,7-8H2,1-2H3,(H,22,24)(H2,21,23,25). The summed E-state index contributed by atoms with van der Waals surface area (Å²) in [6.07, 6.45) is 0.370. The smallest absolute Gasteiger partial charge is 0.328 e. The van der Waals surface area contributed by atoms with E-state index in [4.69, 9.17) is 4.18 Å². The third-order valence-electron chi connectivity index (χ3n) is 3.69. The highest BCUT2D eigenvalue weighted by molar-refractivity contribution is 7.79. The van der Waals surface area contributed by atoms with E-state index in [9.17, 15) is 22.6 Å². The van der Waals surface area contributed by atoms with Crippen LogP contribution < -0.4 is 19.5 Å². The van der Waals surface area contributed by atoms with Gasteiger partial charge >= 0.3 is 17.3 Å². The number of hydrogen-bond acceptors (Lipinski definition) is 4. The molecule has 150 valence electrons. The van der Waals surface area contributed by atoms with Gasteiger partial charge in [-0.15, -0.1) is 0 Å². The number of benzene rings is 2. The van der Waals surface area contributed by atoms with Crippen molar-refractivity contribution >= 4 is 23.2 Å². The number of halogens is 2. The molecule has 0 saturated carbocycles. The largest absolute Gasteiger partial charge is 0.385 e. The number of amides is 3. The van der Waals surface area contributed by atoms with Crippen molar-refractivity contribution in [1.29, 1.82) is 0 Å². The van der Waals surface area contributed by atoms with Crippen molar-refractivity contribution in [3.63, 3.8) is 0 Å². The highest BCUT2D eigenvalue weighted by atomic mass is 32.2. The molecule has 2 aromatic carbocycles. The Kier molecular flexibility index (Phi) is 7.44. The molecule has 0 bridgehead atoms. The monoisotopic (exact) mass is 411 g/mol. The van der Waals surface area contributed by atoms with Crippen LogP contribution >= 0.6 is 0 Å². The number of rotatable bonds is 7. The molecule has 28 heavy (non-hydrogen) atoms. The predicted molar refractivity (Wildman–Crippen MR) is 99.9 cm³/mol. The average Bonchev–Trinajstić information content (AvgIpc) is 2.65. The Morgan fingerprint density at radius 3 is 2.61 bits per heavy atom. The summed E-state index contributed by atoms with van der Waals surface area (Å²) < 4.78 is 45.8. The maximum absolute atomic E-state index is 13.6. The molecule has 2 rings (SSSR count). The summed E-state index contributed by atoms with van der Waals surface area (Å²) in [7, 11) is 1.38. The molecule has 3 amide bonds. The zero-order valence-electron chi connectivity index (χ0n) is 15.2. The average molecular weight is 411 g/mol. The van der Waals surface area contributed by atoms with E-state index in [1.165, 1.54) is 7.05 Å². The molecular formula is C18H19F2N3O4S. The van der Waals surface area contributed by atoms with Crippen LogP contribution in [0.4, 0.5) is 13.6 Å². The van der Waals surface area contributed by atoms with Crippen LogP contribution in [0.25, 0.3) is 0 Å². The summed E-state index contributed by atoms with van der Waals surface area (Å²) in [6, 6.07) is 7.14. The molecule has 3 N–H and O–H groups in total. The molecule has 10 heteroatoms. The van der Waals surface area contributed by atoms with E-state index in [-0.39, 0.29) is 12.1 Å². The van der Waals surface area contributed by atoms with Crippen molar-refractivity contribution in [3.05, 3.63) is 64.7 Å². The Morgan fingerprint density at radius 2 is 1.89 bits per heavy atom. The first-order chi connectivity index (χ1) is 13.3. The van der Waals surface area contributed by atoms with E-state index in [2.05, 4.69) is 15.4 Å². The number of aryl methyl sites for hydroxylation is 1. The van der Waals surface area contributed by atoms with Crippen LogP contribution in [0.2, 0.25) is 0 Å². The lowest BCUT2D eigenvalue weighted by Crippen LogP contribution is -2.36. The molecule has 1 unspecified atom stereocenters. The quantitative estimate of drug-likeness (QED) is 0.650. The van der Waals surface area contributed by atoms with Gasteiger partial charge in [0.2, 0.25) is 0 Å². The van der Waals surface area contributed by atoms with E-state index in [1.807, 2.05) is 0 Å². The third kappa shape index (κ3) is 6.02. The molecule has 1 atom stereocenters. The first-order valence-corrected chi connectivity index (χ1v) is 9.29. The summed E-state index contributed by atoms with van der Waals surface area (Å²) in [5.41, 5.74) is 1.07. The fourth-order valence-corrected chi connectivity index (χ4v) is 2.84. The number of urea groups is 1.